The first-order chi connectivity index (χ1) is 9.70. The molecule has 8 heteroatoms. The zero-order chi connectivity index (χ0) is 15.8. The highest BCUT2D eigenvalue weighted by atomic mass is 32.2. The van der Waals surface area contributed by atoms with Crippen molar-refractivity contribution in [2.45, 2.75) is 37.1 Å². The van der Waals surface area contributed by atoms with Crippen LogP contribution in [0.4, 0.5) is 8.78 Å². The van der Waals surface area contributed by atoms with Crippen LogP contribution in [0.1, 0.15) is 36.5 Å². The lowest BCUT2D eigenvalue weighted by atomic mass is 9.80. The quantitative estimate of drug-likeness (QED) is 0.882. The van der Waals surface area contributed by atoms with E-state index < -0.39 is 38.0 Å². The summed E-state index contributed by atoms with van der Waals surface area (Å²) in [5, 5.41) is 7.43. The average Bonchev–Trinajstić information content (AvgIpc) is 2.23. The summed E-state index contributed by atoms with van der Waals surface area (Å²) in [7, 11) is -4.37. The molecule has 0 bridgehead atoms. The SMILES string of the molecule is CC(NC(=O)c1cc(S(N)(=O)=O)c(F)cc1F)C1CCC1. The second-order valence-electron chi connectivity index (χ2n) is 5.26. The Morgan fingerprint density at radius 3 is 2.43 bits per heavy atom. The van der Waals surface area contributed by atoms with E-state index in [4.69, 9.17) is 5.14 Å². The van der Waals surface area contributed by atoms with Crippen LogP contribution in [-0.4, -0.2) is 20.4 Å². The minimum absolute atomic E-state index is 0.159. The molecule has 0 saturated heterocycles. The van der Waals surface area contributed by atoms with Crippen molar-refractivity contribution in [2.24, 2.45) is 11.1 Å². The van der Waals surface area contributed by atoms with E-state index in [-0.39, 0.29) is 6.04 Å². The maximum absolute atomic E-state index is 13.7. The van der Waals surface area contributed by atoms with Crippen LogP contribution in [0.5, 0.6) is 0 Å². The highest BCUT2D eigenvalue weighted by Crippen LogP contribution is 2.29. The largest absolute Gasteiger partial charge is 0.349 e. The molecule has 1 amide bonds. The van der Waals surface area contributed by atoms with Crippen LogP contribution in [0.25, 0.3) is 0 Å². The van der Waals surface area contributed by atoms with Crippen molar-refractivity contribution in [3.05, 3.63) is 29.3 Å². The van der Waals surface area contributed by atoms with Gasteiger partial charge in [0.25, 0.3) is 5.91 Å². The Balaban J connectivity index is 2.28. The molecule has 2 rings (SSSR count). The normalized spacial score (nSPS) is 17.1. The van der Waals surface area contributed by atoms with Gasteiger partial charge < -0.3 is 5.32 Å². The average molecular weight is 318 g/mol. The van der Waals surface area contributed by atoms with Gasteiger partial charge in [0, 0.05) is 12.1 Å². The molecule has 116 valence electrons. The maximum atomic E-state index is 13.7. The fraction of sp³-hybridized carbons (Fsp3) is 0.462. The fourth-order valence-corrected chi connectivity index (χ4v) is 2.88. The highest BCUT2D eigenvalue weighted by Gasteiger charge is 2.27. The molecule has 0 heterocycles. The van der Waals surface area contributed by atoms with E-state index in [1.807, 2.05) is 0 Å². The number of carbonyl (C=O) groups is 1. The monoisotopic (exact) mass is 318 g/mol. The smallest absolute Gasteiger partial charge is 0.254 e. The van der Waals surface area contributed by atoms with Crippen molar-refractivity contribution in [1.82, 2.24) is 5.32 Å². The minimum Gasteiger partial charge on any atom is -0.349 e. The molecule has 1 fully saturated rings. The van der Waals surface area contributed by atoms with Gasteiger partial charge in [-0.2, -0.15) is 0 Å². The van der Waals surface area contributed by atoms with E-state index in [1.165, 1.54) is 0 Å². The van der Waals surface area contributed by atoms with Gasteiger partial charge in [0.15, 0.2) is 0 Å². The van der Waals surface area contributed by atoms with Crippen molar-refractivity contribution in [1.29, 1.82) is 0 Å². The molecule has 21 heavy (non-hydrogen) atoms. The Bertz CT molecular complexity index is 672. The van der Waals surface area contributed by atoms with Gasteiger partial charge in [-0.25, -0.2) is 22.3 Å². The van der Waals surface area contributed by atoms with Gasteiger partial charge in [-0.3, -0.25) is 4.79 Å². The van der Waals surface area contributed by atoms with Gasteiger partial charge in [0.1, 0.15) is 16.5 Å². The van der Waals surface area contributed by atoms with Crippen LogP contribution in [-0.2, 0) is 10.0 Å². The third-order valence-electron chi connectivity index (χ3n) is 3.79. The first kappa shape index (κ1) is 15.8. The number of sulfonamides is 1. The number of hydrogen-bond donors (Lipinski definition) is 2. The third-order valence-corrected chi connectivity index (χ3v) is 4.71. The van der Waals surface area contributed by atoms with Crippen molar-refractivity contribution in [3.8, 4) is 0 Å². The summed E-state index contributed by atoms with van der Waals surface area (Å²) >= 11 is 0. The number of primary sulfonamides is 1. The first-order valence-electron chi connectivity index (χ1n) is 6.53. The number of rotatable bonds is 4. The lowest BCUT2D eigenvalue weighted by Crippen LogP contribution is -2.41. The van der Waals surface area contributed by atoms with Gasteiger partial charge in [0.05, 0.1) is 5.56 Å². The van der Waals surface area contributed by atoms with Crippen molar-refractivity contribution in [3.63, 3.8) is 0 Å². The number of nitrogens with one attached hydrogen (secondary N) is 1. The zero-order valence-electron chi connectivity index (χ0n) is 11.4. The van der Waals surface area contributed by atoms with E-state index in [0.29, 0.717) is 18.1 Å². The fourth-order valence-electron chi connectivity index (χ4n) is 2.26. The van der Waals surface area contributed by atoms with Gasteiger partial charge >= 0.3 is 0 Å². The summed E-state index contributed by atoms with van der Waals surface area (Å²) in [5.41, 5.74) is -0.536. The second-order valence-corrected chi connectivity index (χ2v) is 6.79. The molecule has 1 aliphatic rings. The summed E-state index contributed by atoms with van der Waals surface area (Å²) in [6.07, 6.45) is 3.05. The van der Waals surface area contributed by atoms with Crippen LogP contribution in [0.3, 0.4) is 0 Å². The minimum atomic E-state index is -4.37. The van der Waals surface area contributed by atoms with E-state index in [9.17, 15) is 22.0 Å². The van der Waals surface area contributed by atoms with Gasteiger partial charge in [-0.15, -0.1) is 0 Å². The predicted molar refractivity (Wildman–Crippen MR) is 72.0 cm³/mol. The van der Waals surface area contributed by atoms with Gasteiger partial charge in [-0.05, 0) is 31.7 Å². The first-order valence-corrected chi connectivity index (χ1v) is 8.07. The number of nitrogens with two attached hydrogens (primary N) is 1. The summed E-state index contributed by atoms with van der Waals surface area (Å²) in [6, 6.07) is 0.819. The molecular formula is C13H16F2N2O3S. The zero-order valence-corrected chi connectivity index (χ0v) is 12.2. The number of amides is 1. The lowest BCUT2D eigenvalue weighted by molar-refractivity contribution is 0.0905. The number of halogens is 2. The van der Waals surface area contributed by atoms with Crippen LogP contribution in [0.15, 0.2) is 17.0 Å². The van der Waals surface area contributed by atoms with Crippen LogP contribution in [0, 0.1) is 17.6 Å². The third kappa shape index (κ3) is 3.38. The molecule has 1 unspecified atom stereocenters. The molecule has 1 saturated carbocycles. The number of hydrogen-bond acceptors (Lipinski definition) is 3. The second kappa shape index (κ2) is 5.69. The van der Waals surface area contributed by atoms with Crippen molar-refractivity contribution < 1.29 is 22.0 Å². The van der Waals surface area contributed by atoms with E-state index >= 15 is 0 Å². The number of benzene rings is 1. The van der Waals surface area contributed by atoms with E-state index in [0.717, 1.165) is 19.3 Å². The molecule has 5 nitrogen and oxygen atoms in total. The van der Waals surface area contributed by atoms with E-state index in [1.54, 1.807) is 6.92 Å². The molecule has 1 aromatic rings. The molecular weight excluding hydrogens is 302 g/mol. The Kier molecular flexibility index (Phi) is 4.29. The molecule has 0 radical (unpaired) electrons. The maximum Gasteiger partial charge on any atom is 0.254 e. The molecule has 1 aliphatic carbocycles. The number of carbonyl (C=O) groups excluding carboxylic acids is 1. The van der Waals surface area contributed by atoms with Gasteiger partial charge in [-0.1, -0.05) is 6.42 Å². The molecule has 0 aromatic heterocycles. The lowest BCUT2D eigenvalue weighted by Gasteiger charge is -2.31. The molecule has 1 aromatic carbocycles. The Hall–Kier alpha value is -1.54. The highest BCUT2D eigenvalue weighted by molar-refractivity contribution is 7.89. The predicted octanol–water partition coefficient (Wildman–Crippen LogP) is 1.53. The molecule has 0 aliphatic heterocycles. The summed E-state index contributed by atoms with van der Waals surface area (Å²) in [5.74, 6) is -2.90. The molecule has 3 N–H and O–H groups in total. The van der Waals surface area contributed by atoms with Crippen LogP contribution < -0.4 is 10.5 Å². The summed E-state index contributed by atoms with van der Waals surface area (Å²) < 4.78 is 49.5. The van der Waals surface area contributed by atoms with E-state index in [2.05, 4.69) is 5.32 Å². The Labute approximate surface area is 121 Å². The molecule has 1 atom stereocenters. The van der Waals surface area contributed by atoms with Crippen molar-refractivity contribution in [2.75, 3.05) is 0 Å². The Morgan fingerprint density at radius 2 is 1.95 bits per heavy atom. The van der Waals surface area contributed by atoms with Crippen LogP contribution in [0.2, 0.25) is 0 Å². The topological polar surface area (TPSA) is 89.3 Å². The molecule has 0 spiro atoms. The Morgan fingerprint density at radius 1 is 1.33 bits per heavy atom. The van der Waals surface area contributed by atoms with Gasteiger partial charge in [0.2, 0.25) is 10.0 Å². The summed E-state index contributed by atoms with van der Waals surface area (Å²) in [4.78, 5) is 11.1. The summed E-state index contributed by atoms with van der Waals surface area (Å²) in [6.45, 7) is 1.80. The van der Waals surface area contributed by atoms with Crippen molar-refractivity contribution >= 4 is 15.9 Å². The van der Waals surface area contributed by atoms with Crippen LogP contribution >= 0.6 is 0 Å². The standard InChI is InChI=1S/C13H16F2N2O3S/c1-7(8-3-2-4-8)17-13(18)9-5-12(21(16,19)20)11(15)6-10(9)14/h5-8H,2-4H2,1H3,(H,17,18)(H2,16,19,20).